The molecule has 0 unspecified atom stereocenters. The van der Waals surface area contributed by atoms with Gasteiger partial charge in [0.05, 0.1) is 0 Å². The standard InChI is InChI=1S/C13H17O2/c1-13(2,3)15-12(14)10-9-11-7-5-4-6-8-11/h4-5,7-8H,9-10H2,1-3H3. The van der Waals surface area contributed by atoms with Crippen molar-refractivity contribution in [3.05, 3.63) is 35.9 Å². The molecule has 0 N–H and O–H groups in total. The molecular weight excluding hydrogens is 188 g/mol. The van der Waals surface area contributed by atoms with E-state index >= 15 is 0 Å². The van der Waals surface area contributed by atoms with Gasteiger partial charge < -0.3 is 4.74 Å². The zero-order valence-electron chi connectivity index (χ0n) is 9.54. The first-order chi connectivity index (χ1) is 6.97. The molecule has 0 saturated heterocycles. The van der Waals surface area contributed by atoms with Gasteiger partial charge in [-0.3, -0.25) is 4.79 Å². The Bertz CT molecular complexity index is 309. The number of rotatable bonds is 3. The molecule has 81 valence electrons. The second-order valence-corrected chi connectivity index (χ2v) is 4.50. The van der Waals surface area contributed by atoms with Crippen molar-refractivity contribution in [2.75, 3.05) is 0 Å². The normalized spacial score (nSPS) is 11.1. The molecule has 1 radical (unpaired) electrons. The summed E-state index contributed by atoms with van der Waals surface area (Å²) in [5.74, 6) is -0.147. The second-order valence-electron chi connectivity index (χ2n) is 4.50. The number of hydrogen-bond donors (Lipinski definition) is 0. The van der Waals surface area contributed by atoms with Crippen molar-refractivity contribution in [2.45, 2.75) is 39.2 Å². The van der Waals surface area contributed by atoms with Gasteiger partial charge in [-0.2, -0.15) is 0 Å². The summed E-state index contributed by atoms with van der Waals surface area (Å²) in [6.45, 7) is 5.63. The average Bonchev–Trinajstić information content (AvgIpc) is 2.14. The van der Waals surface area contributed by atoms with Crippen LogP contribution in [0.1, 0.15) is 32.8 Å². The highest BCUT2D eigenvalue weighted by Crippen LogP contribution is 2.10. The molecule has 2 heteroatoms. The van der Waals surface area contributed by atoms with Crippen LogP contribution in [-0.2, 0) is 16.0 Å². The summed E-state index contributed by atoms with van der Waals surface area (Å²) in [5.41, 5.74) is 0.725. The van der Waals surface area contributed by atoms with Gasteiger partial charge in [0, 0.05) is 6.42 Å². The molecular formula is C13H17O2. The molecule has 1 aromatic rings. The Morgan fingerprint density at radius 2 is 2.20 bits per heavy atom. The van der Waals surface area contributed by atoms with Crippen molar-refractivity contribution in [3.8, 4) is 0 Å². The van der Waals surface area contributed by atoms with Crippen molar-refractivity contribution < 1.29 is 9.53 Å². The monoisotopic (exact) mass is 205 g/mol. The lowest BCUT2D eigenvalue weighted by Gasteiger charge is -2.19. The van der Waals surface area contributed by atoms with Crippen molar-refractivity contribution in [1.29, 1.82) is 0 Å². The van der Waals surface area contributed by atoms with Crippen LogP contribution in [0.25, 0.3) is 0 Å². The number of hydrogen-bond acceptors (Lipinski definition) is 2. The lowest BCUT2D eigenvalue weighted by Crippen LogP contribution is -2.23. The third-order valence-corrected chi connectivity index (χ3v) is 1.81. The number of benzene rings is 1. The molecule has 0 aromatic heterocycles. The third kappa shape index (κ3) is 5.21. The smallest absolute Gasteiger partial charge is 0.306 e. The highest BCUT2D eigenvalue weighted by molar-refractivity contribution is 5.70. The number of carbonyl (C=O) groups excluding carboxylic acids is 1. The molecule has 0 amide bonds. The zero-order valence-corrected chi connectivity index (χ0v) is 9.54. The fraction of sp³-hybridized carbons (Fsp3) is 0.462. The van der Waals surface area contributed by atoms with E-state index in [1.54, 1.807) is 0 Å². The van der Waals surface area contributed by atoms with Gasteiger partial charge in [0.2, 0.25) is 0 Å². The lowest BCUT2D eigenvalue weighted by molar-refractivity contribution is -0.154. The Morgan fingerprint density at radius 1 is 1.47 bits per heavy atom. The first kappa shape index (κ1) is 11.8. The van der Waals surface area contributed by atoms with E-state index in [1.165, 1.54) is 0 Å². The fourth-order valence-electron chi connectivity index (χ4n) is 1.22. The number of aryl methyl sites for hydroxylation is 1. The van der Waals surface area contributed by atoms with Gasteiger partial charge in [0.15, 0.2) is 0 Å². The molecule has 0 heterocycles. The maximum Gasteiger partial charge on any atom is 0.306 e. The molecule has 2 nitrogen and oxygen atoms in total. The van der Waals surface area contributed by atoms with Gasteiger partial charge >= 0.3 is 5.97 Å². The average molecular weight is 205 g/mol. The molecule has 0 aliphatic rings. The predicted octanol–water partition coefficient (Wildman–Crippen LogP) is 2.76. The Morgan fingerprint density at radius 3 is 2.73 bits per heavy atom. The predicted molar refractivity (Wildman–Crippen MR) is 59.4 cm³/mol. The molecule has 1 aromatic carbocycles. The number of esters is 1. The summed E-state index contributed by atoms with van der Waals surface area (Å²) in [6, 6.07) is 10.6. The number of carbonyl (C=O) groups is 1. The van der Waals surface area contributed by atoms with E-state index in [2.05, 4.69) is 6.07 Å². The van der Waals surface area contributed by atoms with Gasteiger partial charge in [0.1, 0.15) is 5.60 Å². The largest absolute Gasteiger partial charge is 0.460 e. The zero-order chi connectivity index (χ0) is 11.3. The van der Waals surface area contributed by atoms with E-state index in [4.69, 9.17) is 4.74 Å². The van der Waals surface area contributed by atoms with Gasteiger partial charge in [-0.1, -0.05) is 24.3 Å². The summed E-state index contributed by atoms with van der Waals surface area (Å²) < 4.78 is 5.21. The second kappa shape index (κ2) is 4.96. The maximum atomic E-state index is 11.4. The molecule has 0 saturated carbocycles. The van der Waals surface area contributed by atoms with Crippen molar-refractivity contribution in [3.63, 3.8) is 0 Å². The maximum absolute atomic E-state index is 11.4. The van der Waals surface area contributed by atoms with Crippen LogP contribution in [0.3, 0.4) is 0 Å². The minimum absolute atomic E-state index is 0.147. The molecule has 0 atom stereocenters. The molecule has 0 aliphatic carbocycles. The molecule has 15 heavy (non-hydrogen) atoms. The Balaban J connectivity index is 2.35. The topological polar surface area (TPSA) is 26.3 Å². The van der Waals surface area contributed by atoms with Crippen molar-refractivity contribution in [1.82, 2.24) is 0 Å². The summed E-state index contributed by atoms with van der Waals surface area (Å²) in [7, 11) is 0. The van der Waals surface area contributed by atoms with E-state index in [0.29, 0.717) is 12.8 Å². The van der Waals surface area contributed by atoms with Crippen molar-refractivity contribution >= 4 is 5.97 Å². The summed E-state index contributed by atoms with van der Waals surface area (Å²) in [4.78, 5) is 11.4. The van der Waals surface area contributed by atoms with Gasteiger partial charge in [-0.05, 0) is 38.8 Å². The molecule has 0 spiro atoms. The van der Waals surface area contributed by atoms with Crippen LogP contribution in [0.2, 0.25) is 0 Å². The molecule has 0 bridgehead atoms. The SMILES string of the molecule is CC(C)(C)OC(=O)CCc1c[c]ccc1. The highest BCUT2D eigenvalue weighted by atomic mass is 16.6. The number of ether oxygens (including phenoxy) is 1. The summed E-state index contributed by atoms with van der Waals surface area (Å²) >= 11 is 0. The Hall–Kier alpha value is -1.31. The Kier molecular flexibility index (Phi) is 3.89. The third-order valence-electron chi connectivity index (χ3n) is 1.81. The van der Waals surface area contributed by atoms with E-state index in [0.717, 1.165) is 5.56 Å². The first-order valence-corrected chi connectivity index (χ1v) is 5.14. The van der Waals surface area contributed by atoms with E-state index in [1.807, 2.05) is 45.0 Å². The van der Waals surface area contributed by atoms with Gasteiger partial charge in [-0.25, -0.2) is 0 Å². The summed E-state index contributed by atoms with van der Waals surface area (Å²) in [5, 5.41) is 0. The lowest BCUT2D eigenvalue weighted by atomic mass is 10.1. The first-order valence-electron chi connectivity index (χ1n) is 5.14. The van der Waals surface area contributed by atoms with Gasteiger partial charge in [0.25, 0.3) is 0 Å². The van der Waals surface area contributed by atoms with Crippen LogP contribution in [0.15, 0.2) is 24.3 Å². The minimum Gasteiger partial charge on any atom is -0.460 e. The van der Waals surface area contributed by atoms with Crippen LogP contribution < -0.4 is 0 Å². The van der Waals surface area contributed by atoms with E-state index < -0.39 is 0 Å². The van der Waals surface area contributed by atoms with Crippen LogP contribution in [0.4, 0.5) is 0 Å². The van der Waals surface area contributed by atoms with Crippen LogP contribution in [0, 0.1) is 6.07 Å². The van der Waals surface area contributed by atoms with Crippen LogP contribution in [0.5, 0.6) is 0 Å². The van der Waals surface area contributed by atoms with Crippen molar-refractivity contribution in [2.24, 2.45) is 0 Å². The van der Waals surface area contributed by atoms with Crippen LogP contribution in [-0.4, -0.2) is 11.6 Å². The fourth-order valence-corrected chi connectivity index (χ4v) is 1.22. The molecule has 1 rings (SSSR count). The summed E-state index contributed by atoms with van der Waals surface area (Å²) in [6.07, 6.45) is 1.14. The minimum atomic E-state index is -0.389. The van der Waals surface area contributed by atoms with Crippen LogP contribution >= 0.6 is 0 Å². The quantitative estimate of drug-likeness (QED) is 0.709. The van der Waals surface area contributed by atoms with E-state index in [-0.39, 0.29) is 11.6 Å². The Labute approximate surface area is 91.3 Å². The molecule has 0 fully saturated rings. The van der Waals surface area contributed by atoms with Gasteiger partial charge in [-0.15, -0.1) is 0 Å². The van der Waals surface area contributed by atoms with E-state index in [9.17, 15) is 4.79 Å². The highest BCUT2D eigenvalue weighted by Gasteiger charge is 2.15. The molecule has 0 aliphatic heterocycles.